The molecule has 0 aromatic carbocycles. The summed E-state index contributed by atoms with van der Waals surface area (Å²) < 4.78 is 5.44. The largest absolute Gasteiger partial charge is 0.481 e. The summed E-state index contributed by atoms with van der Waals surface area (Å²) in [6, 6.07) is 0. The molecule has 0 bridgehead atoms. The summed E-state index contributed by atoms with van der Waals surface area (Å²) in [6.45, 7) is 6.98. The van der Waals surface area contributed by atoms with E-state index in [1.165, 1.54) is 0 Å². The molecule has 0 heterocycles. The van der Waals surface area contributed by atoms with E-state index in [2.05, 4.69) is 0 Å². The lowest BCUT2D eigenvalue weighted by atomic mass is 9.85. The van der Waals surface area contributed by atoms with Gasteiger partial charge in [-0.25, -0.2) is 0 Å². The highest BCUT2D eigenvalue weighted by Crippen LogP contribution is 2.31. The summed E-state index contributed by atoms with van der Waals surface area (Å²) in [5.74, 6) is -0.653. The van der Waals surface area contributed by atoms with E-state index >= 15 is 0 Å². The van der Waals surface area contributed by atoms with Crippen LogP contribution in [0.15, 0.2) is 36.5 Å². The van der Waals surface area contributed by atoms with Crippen LogP contribution in [0.2, 0.25) is 0 Å². The van der Waals surface area contributed by atoms with Gasteiger partial charge in [0.05, 0.1) is 18.8 Å². The van der Waals surface area contributed by atoms with Crippen LogP contribution in [0.1, 0.15) is 46.5 Å². The van der Waals surface area contributed by atoms with Crippen LogP contribution in [0.5, 0.6) is 0 Å². The second kappa shape index (κ2) is 11.3. The Hall–Kier alpha value is -1.43. The normalized spacial score (nSPS) is 24.7. The third-order valence-electron chi connectivity index (χ3n) is 4.79. The van der Waals surface area contributed by atoms with Gasteiger partial charge in [0.2, 0.25) is 0 Å². The molecule has 0 fully saturated rings. The topological polar surface area (TPSA) is 87.0 Å². The number of aliphatic hydroxyl groups is 2. The van der Waals surface area contributed by atoms with Crippen LogP contribution < -0.4 is 0 Å². The highest BCUT2D eigenvalue weighted by molar-refractivity contribution is 5.66. The fourth-order valence-electron chi connectivity index (χ4n) is 2.95. The maximum Gasteiger partial charge on any atom is 0.303 e. The average Bonchev–Trinajstić information content (AvgIpc) is 2.93. The number of hydrogen-bond donors (Lipinski definition) is 3. The van der Waals surface area contributed by atoms with Crippen molar-refractivity contribution < 1.29 is 24.9 Å². The van der Waals surface area contributed by atoms with Crippen molar-refractivity contribution in [2.45, 2.75) is 58.7 Å². The Bertz CT molecular complexity index is 507. The molecular weight excluding hydrogens is 332 g/mol. The molecule has 26 heavy (non-hydrogen) atoms. The summed E-state index contributed by atoms with van der Waals surface area (Å²) >= 11 is 0. The number of carboxylic acid groups (broad SMARTS) is 1. The highest BCUT2D eigenvalue weighted by Gasteiger charge is 2.29. The summed E-state index contributed by atoms with van der Waals surface area (Å²) in [7, 11) is 0. The monoisotopic (exact) mass is 366 g/mol. The van der Waals surface area contributed by atoms with E-state index in [9.17, 15) is 15.0 Å². The van der Waals surface area contributed by atoms with Gasteiger partial charge >= 0.3 is 5.97 Å². The summed E-state index contributed by atoms with van der Waals surface area (Å²) in [6.07, 6.45) is 12.7. The molecule has 3 N–H and O–H groups in total. The van der Waals surface area contributed by atoms with Gasteiger partial charge in [-0.05, 0) is 26.2 Å². The number of aliphatic hydroxyl groups excluding tert-OH is 2. The van der Waals surface area contributed by atoms with E-state index in [4.69, 9.17) is 9.84 Å². The van der Waals surface area contributed by atoms with Crippen molar-refractivity contribution in [3.05, 3.63) is 36.5 Å². The molecular formula is C21H34O5. The molecule has 4 atom stereocenters. The smallest absolute Gasteiger partial charge is 0.303 e. The molecule has 0 spiro atoms. The maximum absolute atomic E-state index is 10.5. The van der Waals surface area contributed by atoms with Crippen LogP contribution in [0.3, 0.4) is 0 Å². The third-order valence-corrected chi connectivity index (χ3v) is 4.79. The molecule has 0 radical (unpaired) electrons. The van der Waals surface area contributed by atoms with Gasteiger partial charge in [0.1, 0.15) is 0 Å². The minimum Gasteiger partial charge on any atom is -0.481 e. The molecule has 5 heteroatoms. The first-order valence-corrected chi connectivity index (χ1v) is 9.45. The molecule has 1 aliphatic rings. The predicted octanol–water partition coefficient (Wildman–Crippen LogP) is 3.33. The number of aliphatic carboxylic acids is 1. The van der Waals surface area contributed by atoms with Gasteiger partial charge in [0.25, 0.3) is 0 Å². The van der Waals surface area contributed by atoms with Crippen molar-refractivity contribution in [1.29, 1.82) is 0 Å². The average molecular weight is 366 g/mol. The summed E-state index contributed by atoms with van der Waals surface area (Å²) in [5, 5.41) is 29.2. The van der Waals surface area contributed by atoms with Crippen LogP contribution >= 0.6 is 0 Å². The third kappa shape index (κ3) is 7.85. The first-order valence-electron chi connectivity index (χ1n) is 9.45. The number of carbonyl (C=O) groups is 1. The lowest BCUT2D eigenvalue weighted by Crippen LogP contribution is -2.32. The number of unbranched alkanes of at least 4 members (excludes halogenated alkanes) is 1. The van der Waals surface area contributed by atoms with Crippen LogP contribution in [-0.2, 0) is 9.53 Å². The molecule has 0 amide bonds. The van der Waals surface area contributed by atoms with E-state index in [0.29, 0.717) is 26.1 Å². The van der Waals surface area contributed by atoms with E-state index < -0.39 is 18.2 Å². The Kier molecular flexibility index (Phi) is 9.84. The van der Waals surface area contributed by atoms with Crippen molar-refractivity contribution in [1.82, 2.24) is 0 Å². The van der Waals surface area contributed by atoms with E-state index in [-0.39, 0.29) is 23.7 Å². The first kappa shape index (κ1) is 22.6. The van der Waals surface area contributed by atoms with Gasteiger partial charge in [0.15, 0.2) is 0 Å². The van der Waals surface area contributed by atoms with Crippen molar-refractivity contribution >= 4 is 5.97 Å². The maximum atomic E-state index is 10.5. The molecule has 1 rings (SSSR count). The number of allylic oxidation sites excluding steroid dienone is 4. The van der Waals surface area contributed by atoms with Gasteiger partial charge < -0.3 is 20.1 Å². The van der Waals surface area contributed by atoms with Crippen LogP contribution in [0, 0.1) is 17.3 Å². The summed E-state index contributed by atoms with van der Waals surface area (Å²) in [5.41, 5.74) is -0.368. The minimum absolute atomic E-state index is 0.0455. The number of rotatable bonds is 12. The van der Waals surface area contributed by atoms with Crippen molar-refractivity contribution in [3.63, 3.8) is 0 Å². The Labute approximate surface area is 157 Å². The van der Waals surface area contributed by atoms with Crippen LogP contribution in [0.25, 0.3) is 0 Å². The highest BCUT2D eigenvalue weighted by atomic mass is 16.5. The molecule has 0 saturated heterocycles. The molecule has 0 aliphatic heterocycles. The standard InChI is InChI=1S/C21H34O5/c1-4-26-15-21(2,3)19(23)14-12-16-11-13-18(22)17(16)9-7-5-6-8-10-20(24)25/h5,7,11-14,16-19,22-23H,4,6,8-10,15H2,1-3H3,(H,24,25)/b7-5+,14-12?/t16-,17-,18+,19?/m1/s1. The zero-order chi connectivity index (χ0) is 19.6. The first-order chi connectivity index (χ1) is 12.3. The molecule has 148 valence electrons. The molecule has 1 unspecified atom stereocenters. The Morgan fingerprint density at radius 2 is 2.04 bits per heavy atom. The fraction of sp³-hybridized carbons (Fsp3) is 0.667. The van der Waals surface area contributed by atoms with Gasteiger partial charge in [-0.3, -0.25) is 4.79 Å². The number of carboxylic acids is 1. The van der Waals surface area contributed by atoms with Crippen LogP contribution in [0.4, 0.5) is 0 Å². The zero-order valence-electron chi connectivity index (χ0n) is 16.2. The number of ether oxygens (including phenoxy) is 1. The minimum atomic E-state index is -0.773. The van der Waals surface area contributed by atoms with Crippen molar-refractivity contribution in [3.8, 4) is 0 Å². The summed E-state index contributed by atoms with van der Waals surface area (Å²) in [4.78, 5) is 10.5. The molecule has 0 saturated carbocycles. The lowest BCUT2D eigenvalue weighted by Gasteiger charge is -2.28. The second-order valence-corrected chi connectivity index (χ2v) is 7.57. The molecule has 1 aliphatic carbocycles. The Balaban J connectivity index is 2.52. The van der Waals surface area contributed by atoms with Gasteiger partial charge in [0, 0.05) is 30.3 Å². The fourth-order valence-corrected chi connectivity index (χ4v) is 2.95. The Morgan fingerprint density at radius 1 is 1.31 bits per heavy atom. The molecule has 0 aromatic heterocycles. The predicted molar refractivity (Wildman–Crippen MR) is 103 cm³/mol. The van der Waals surface area contributed by atoms with Crippen molar-refractivity contribution in [2.24, 2.45) is 17.3 Å². The van der Waals surface area contributed by atoms with Gasteiger partial charge in [-0.1, -0.05) is 50.3 Å². The second-order valence-electron chi connectivity index (χ2n) is 7.57. The van der Waals surface area contributed by atoms with E-state index in [0.717, 1.165) is 6.42 Å². The van der Waals surface area contributed by atoms with Gasteiger partial charge in [-0.15, -0.1) is 0 Å². The SMILES string of the molecule is CCOCC(C)(C)C(O)C=C[C@H]1C=C[C@H](O)[C@@H]1C/C=C/CCCC(=O)O. The zero-order valence-corrected chi connectivity index (χ0v) is 16.2. The van der Waals surface area contributed by atoms with E-state index in [1.54, 1.807) is 12.2 Å². The molecule has 0 aromatic rings. The number of hydrogen-bond acceptors (Lipinski definition) is 4. The van der Waals surface area contributed by atoms with Gasteiger partial charge in [-0.2, -0.15) is 0 Å². The van der Waals surface area contributed by atoms with Crippen LogP contribution in [-0.4, -0.2) is 46.7 Å². The van der Waals surface area contributed by atoms with E-state index in [1.807, 2.05) is 45.1 Å². The Morgan fingerprint density at radius 3 is 2.69 bits per heavy atom. The quantitative estimate of drug-likeness (QED) is 0.364. The lowest BCUT2D eigenvalue weighted by molar-refractivity contribution is -0.137. The van der Waals surface area contributed by atoms with Crippen molar-refractivity contribution in [2.75, 3.05) is 13.2 Å². The molecule has 5 nitrogen and oxygen atoms in total.